The average molecular weight is 305 g/mol. The van der Waals surface area contributed by atoms with Gasteiger partial charge in [0.1, 0.15) is 5.75 Å². The minimum absolute atomic E-state index is 0.00343. The van der Waals surface area contributed by atoms with Crippen molar-refractivity contribution in [2.75, 3.05) is 19.7 Å². The summed E-state index contributed by atoms with van der Waals surface area (Å²) in [6.07, 6.45) is 0.509. The number of urea groups is 1. The van der Waals surface area contributed by atoms with Crippen molar-refractivity contribution < 1.29 is 15.0 Å². The quantitative estimate of drug-likeness (QED) is 0.798. The van der Waals surface area contributed by atoms with Gasteiger partial charge in [-0.1, -0.05) is 23.2 Å². The van der Waals surface area contributed by atoms with Crippen molar-refractivity contribution in [2.45, 2.75) is 12.5 Å². The molecule has 0 saturated carbocycles. The third kappa shape index (κ3) is 2.88. The molecule has 104 valence electrons. The molecule has 1 aliphatic rings. The molecule has 0 unspecified atom stereocenters. The number of carbonyl (C=O) groups excluding carboxylic acids is 1. The van der Waals surface area contributed by atoms with Crippen LogP contribution in [0.1, 0.15) is 18.0 Å². The summed E-state index contributed by atoms with van der Waals surface area (Å²) in [6, 6.07) is 2.31. The second-order valence-electron chi connectivity index (χ2n) is 4.32. The van der Waals surface area contributed by atoms with E-state index in [-0.39, 0.29) is 23.4 Å². The largest absolute Gasteiger partial charge is 0.508 e. The van der Waals surface area contributed by atoms with Crippen LogP contribution in [0.3, 0.4) is 0 Å². The molecule has 0 aliphatic carbocycles. The molecular weight excluding hydrogens is 291 g/mol. The van der Waals surface area contributed by atoms with E-state index < -0.39 is 6.04 Å². The van der Waals surface area contributed by atoms with Crippen LogP contribution < -0.4 is 5.32 Å². The van der Waals surface area contributed by atoms with E-state index in [1.165, 1.54) is 12.1 Å². The molecule has 2 rings (SSSR count). The van der Waals surface area contributed by atoms with Crippen molar-refractivity contribution in [3.05, 3.63) is 27.7 Å². The number of hydrogen-bond donors (Lipinski definition) is 3. The molecule has 1 aromatic rings. The Morgan fingerprint density at radius 1 is 1.42 bits per heavy atom. The highest BCUT2D eigenvalue weighted by molar-refractivity contribution is 6.42. The monoisotopic (exact) mass is 304 g/mol. The van der Waals surface area contributed by atoms with Gasteiger partial charge in [0.15, 0.2) is 0 Å². The van der Waals surface area contributed by atoms with Crippen LogP contribution in [0.4, 0.5) is 4.79 Å². The first-order valence-electron chi connectivity index (χ1n) is 5.87. The highest BCUT2D eigenvalue weighted by Crippen LogP contribution is 2.38. The van der Waals surface area contributed by atoms with Crippen LogP contribution in [-0.4, -0.2) is 40.8 Å². The van der Waals surface area contributed by atoms with Gasteiger partial charge >= 0.3 is 6.03 Å². The number of benzene rings is 1. The Hall–Kier alpha value is -1.17. The lowest BCUT2D eigenvalue weighted by atomic mass is 10.1. The first kappa shape index (κ1) is 14.2. The van der Waals surface area contributed by atoms with Crippen LogP contribution in [0.5, 0.6) is 5.75 Å². The van der Waals surface area contributed by atoms with Gasteiger partial charge in [0.2, 0.25) is 0 Å². The van der Waals surface area contributed by atoms with Crippen molar-refractivity contribution in [1.29, 1.82) is 0 Å². The van der Waals surface area contributed by atoms with Crippen LogP contribution in [0.25, 0.3) is 0 Å². The molecule has 7 heteroatoms. The van der Waals surface area contributed by atoms with E-state index in [9.17, 15) is 9.90 Å². The van der Waals surface area contributed by atoms with E-state index in [2.05, 4.69) is 5.32 Å². The Bertz CT molecular complexity index is 496. The molecule has 1 heterocycles. The van der Waals surface area contributed by atoms with Gasteiger partial charge in [0.25, 0.3) is 0 Å². The van der Waals surface area contributed by atoms with Crippen LogP contribution in [0, 0.1) is 0 Å². The summed E-state index contributed by atoms with van der Waals surface area (Å²) in [7, 11) is 0. The molecule has 0 radical (unpaired) electrons. The molecule has 1 aromatic carbocycles. The maximum absolute atomic E-state index is 11.7. The highest BCUT2D eigenvalue weighted by atomic mass is 35.5. The summed E-state index contributed by atoms with van der Waals surface area (Å²) in [4.78, 5) is 13.3. The lowest BCUT2D eigenvalue weighted by molar-refractivity contribution is 0.209. The number of halogens is 2. The van der Waals surface area contributed by atoms with Gasteiger partial charge in [-0.2, -0.15) is 0 Å². The fourth-order valence-electron chi connectivity index (χ4n) is 2.09. The maximum Gasteiger partial charge on any atom is 0.318 e. The molecule has 0 aromatic heterocycles. The average Bonchev–Trinajstić information content (AvgIpc) is 2.73. The molecular formula is C12H14Cl2N2O3. The third-order valence-electron chi connectivity index (χ3n) is 3.03. The van der Waals surface area contributed by atoms with Crippen molar-refractivity contribution in [1.82, 2.24) is 10.2 Å². The second kappa shape index (κ2) is 5.86. The first-order valence-corrected chi connectivity index (χ1v) is 6.63. The first-order chi connectivity index (χ1) is 9.04. The normalized spacial score (nSPS) is 18.8. The van der Waals surface area contributed by atoms with E-state index in [0.717, 1.165) is 0 Å². The number of aliphatic hydroxyl groups excluding tert-OH is 1. The topological polar surface area (TPSA) is 72.8 Å². The SMILES string of the molecule is O=C1N[C@@H](c2c(O)ccc(Cl)c2Cl)CN1CCCO. The molecule has 1 aliphatic heterocycles. The number of amides is 2. The van der Waals surface area contributed by atoms with Gasteiger partial charge in [0, 0.05) is 25.3 Å². The van der Waals surface area contributed by atoms with Gasteiger partial charge in [0.05, 0.1) is 16.1 Å². The van der Waals surface area contributed by atoms with E-state index in [1.807, 2.05) is 0 Å². The van der Waals surface area contributed by atoms with Gasteiger partial charge in [-0.3, -0.25) is 0 Å². The Morgan fingerprint density at radius 3 is 2.84 bits per heavy atom. The zero-order valence-electron chi connectivity index (χ0n) is 10.1. The van der Waals surface area contributed by atoms with Gasteiger partial charge in [-0.25, -0.2) is 4.79 Å². The van der Waals surface area contributed by atoms with Crippen LogP contribution in [0.15, 0.2) is 12.1 Å². The van der Waals surface area contributed by atoms with Gasteiger partial charge in [-0.15, -0.1) is 0 Å². The zero-order chi connectivity index (χ0) is 14.0. The molecule has 3 N–H and O–H groups in total. The minimum Gasteiger partial charge on any atom is -0.508 e. The van der Waals surface area contributed by atoms with E-state index in [1.54, 1.807) is 4.90 Å². The molecule has 1 saturated heterocycles. The maximum atomic E-state index is 11.7. The molecule has 0 bridgehead atoms. The molecule has 5 nitrogen and oxygen atoms in total. The van der Waals surface area contributed by atoms with E-state index in [0.29, 0.717) is 30.1 Å². The second-order valence-corrected chi connectivity index (χ2v) is 5.10. The van der Waals surface area contributed by atoms with Crippen molar-refractivity contribution in [3.8, 4) is 5.75 Å². The minimum atomic E-state index is -0.405. The fourth-order valence-corrected chi connectivity index (χ4v) is 2.55. The summed E-state index contributed by atoms with van der Waals surface area (Å²) in [6.45, 7) is 0.863. The van der Waals surface area contributed by atoms with Crippen LogP contribution in [-0.2, 0) is 0 Å². The van der Waals surface area contributed by atoms with E-state index >= 15 is 0 Å². The van der Waals surface area contributed by atoms with Gasteiger partial charge in [-0.05, 0) is 18.6 Å². The molecule has 1 atom stereocenters. The lowest BCUT2D eigenvalue weighted by Crippen LogP contribution is -2.29. The number of phenolic OH excluding ortho intramolecular Hbond substituents is 1. The number of carbonyl (C=O) groups is 1. The smallest absolute Gasteiger partial charge is 0.318 e. The number of nitrogens with one attached hydrogen (secondary N) is 1. The predicted octanol–water partition coefficient (Wildman–Crippen LogP) is 2.15. The van der Waals surface area contributed by atoms with Crippen LogP contribution in [0.2, 0.25) is 10.0 Å². The standard InChI is InChI=1S/C12H14Cl2N2O3/c13-7-2-3-9(18)10(11(7)14)8-6-16(4-1-5-17)12(19)15-8/h2-3,8,17-18H,1,4-6H2,(H,15,19)/t8-/m1/s1. The summed E-state index contributed by atoms with van der Waals surface area (Å²) >= 11 is 12.0. The third-order valence-corrected chi connectivity index (χ3v) is 3.85. The number of aromatic hydroxyl groups is 1. The molecule has 0 spiro atoms. The Balaban J connectivity index is 2.21. The summed E-state index contributed by atoms with van der Waals surface area (Å²) in [5, 5.41) is 22.0. The summed E-state index contributed by atoms with van der Waals surface area (Å²) in [5.74, 6) is 0.00343. The molecule has 2 amide bonds. The lowest BCUT2D eigenvalue weighted by Gasteiger charge is -2.16. The Labute approximate surface area is 120 Å². The van der Waals surface area contributed by atoms with E-state index in [4.69, 9.17) is 28.3 Å². The zero-order valence-corrected chi connectivity index (χ0v) is 11.6. The number of aliphatic hydroxyl groups is 1. The van der Waals surface area contributed by atoms with Crippen LogP contribution >= 0.6 is 23.2 Å². The van der Waals surface area contributed by atoms with Crippen molar-refractivity contribution in [2.24, 2.45) is 0 Å². The number of nitrogens with zero attached hydrogens (tertiary/aromatic N) is 1. The predicted molar refractivity (Wildman–Crippen MR) is 72.7 cm³/mol. The Kier molecular flexibility index (Phi) is 4.39. The number of hydrogen-bond acceptors (Lipinski definition) is 3. The molecule has 19 heavy (non-hydrogen) atoms. The fraction of sp³-hybridized carbons (Fsp3) is 0.417. The van der Waals surface area contributed by atoms with Crippen molar-refractivity contribution in [3.63, 3.8) is 0 Å². The highest BCUT2D eigenvalue weighted by Gasteiger charge is 2.32. The summed E-state index contributed by atoms with van der Waals surface area (Å²) in [5.41, 5.74) is 0.425. The van der Waals surface area contributed by atoms with Crippen molar-refractivity contribution >= 4 is 29.2 Å². The van der Waals surface area contributed by atoms with Gasteiger partial charge < -0.3 is 20.4 Å². The number of phenols is 1. The number of rotatable bonds is 4. The molecule has 1 fully saturated rings. The Morgan fingerprint density at radius 2 is 2.16 bits per heavy atom. The summed E-state index contributed by atoms with van der Waals surface area (Å²) < 4.78 is 0.